The summed E-state index contributed by atoms with van der Waals surface area (Å²) in [5.41, 5.74) is 0.471. The summed E-state index contributed by atoms with van der Waals surface area (Å²) < 4.78 is 127. The SMILES string of the molecule is [2H]C1C([2H])C2([2H])[C@H](C(C)=O)[C@@H](Nc3nc(-c4cn(S(=O)(=O)c5ccc(C)cc5)c5ncc(F)cc45)ncc3F)C1([2H])C([2H])([2H])C2([2H])[2H]. The largest absolute Gasteiger partial charge is 0.364 e. The quantitative estimate of drug-likeness (QED) is 0.349. The smallest absolute Gasteiger partial charge is 0.269 e. The molecule has 0 saturated heterocycles. The van der Waals surface area contributed by atoms with Crippen LogP contribution in [0, 0.1) is 36.3 Å². The van der Waals surface area contributed by atoms with E-state index in [0.29, 0.717) is 6.20 Å². The number of nitrogens with one attached hydrogen (secondary N) is 1. The lowest BCUT2D eigenvalue weighted by Crippen LogP contribution is -2.51. The van der Waals surface area contributed by atoms with Crippen molar-refractivity contribution in [3.63, 3.8) is 0 Å². The molecule has 4 aromatic rings. The molecular formula is C28H27F2N5O3S. The number of aromatic nitrogens is 4. The zero-order valence-corrected chi connectivity index (χ0v) is 21.4. The van der Waals surface area contributed by atoms with Crippen molar-refractivity contribution in [3.05, 3.63) is 66.1 Å². The minimum Gasteiger partial charge on any atom is -0.364 e. The monoisotopic (exact) mass is 559 g/mol. The fourth-order valence-corrected chi connectivity index (χ4v) is 6.05. The van der Waals surface area contributed by atoms with E-state index < -0.39 is 82.5 Å². The molecule has 0 spiro atoms. The Bertz CT molecular complexity index is 2070. The number of fused-ring (bicyclic) bond motifs is 4. The van der Waals surface area contributed by atoms with Gasteiger partial charge in [0.15, 0.2) is 23.1 Å². The summed E-state index contributed by atoms with van der Waals surface area (Å²) in [5.74, 6) is -11.7. The molecule has 39 heavy (non-hydrogen) atoms. The van der Waals surface area contributed by atoms with Crippen molar-refractivity contribution in [1.29, 1.82) is 0 Å². The van der Waals surface area contributed by atoms with E-state index in [2.05, 4.69) is 20.3 Å². The molecule has 4 unspecified atom stereocenters. The molecular weight excluding hydrogens is 524 g/mol. The van der Waals surface area contributed by atoms with Gasteiger partial charge in [0.25, 0.3) is 10.0 Å². The van der Waals surface area contributed by atoms with Gasteiger partial charge in [-0.25, -0.2) is 36.1 Å². The van der Waals surface area contributed by atoms with E-state index in [1.165, 1.54) is 12.1 Å². The summed E-state index contributed by atoms with van der Waals surface area (Å²) in [6.07, 6.45) is -8.05. The molecule has 3 aliphatic rings. The second-order valence-corrected chi connectivity index (χ2v) is 11.1. The highest BCUT2D eigenvalue weighted by atomic mass is 32.2. The molecule has 202 valence electrons. The Labute approximate surface area is 235 Å². The maximum absolute atomic E-state index is 15.4. The summed E-state index contributed by atoms with van der Waals surface area (Å²) in [5, 5.41) is 2.40. The van der Waals surface area contributed by atoms with E-state index in [0.717, 1.165) is 34.9 Å². The number of nitrogens with zero attached hydrogens (tertiary/aromatic N) is 4. The van der Waals surface area contributed by atoms with Crippen molar-refractivity contribution >= 4 is 32.7 Å². The van der Waals surface area contributed by atoms with Crippen LogP contribution in [0.5, 0.6) is 0 Å². The second-order valence-electron chi connectivity index (χ2n) is 9.28. The van der Waals surface area contributed by atoms with Gasteiger partial charge in [-0.2, -0.15) is 0 Å². The number of hydrogen-bond acceptors (Lipinski definition) is 7. The van der Waals surface area contributed by atoms with Gasteiger partial charge in [-0.15, -0.1) is 0 Å². The number of carbonyl (C=O) groups excluding carboxylic acids is 1. The summed E-state index contributed by atoms with van der Waals surface area (Å²) >= 11 is 0. The first kappa shape index (κ1) is 17.8. The van der Waals surface area contributed by atoms with Crippen LogP contribution in [0.3, 0.4) is 0 Å². The van der Waals surface area contributed by atoms with Crippen LogP contribution in [0.1, 0.15) is 49.0 Å². The third-order valence-electron chi connectivity index (χ3n) is 6.67. The van der Waals surface area contributed by atoms with Gasteiger partial charge in [-0.3, -0.25) is 4.79 Å². The minimum absolute atomic E-state index is 0.0774. The zero-order valence-electron chi connectivity index (χ0n) is 28.6. The third-order valence-corrected chi connectivity index (χ3v) is 8.33. The Morgan fingerprint density at radius 3 is 2.59 bits per heavy atom. The Morgan fingerprint density at radius 1 is 1.13 bits per heavy atom. The highest BCUT2D eigenvalue weighted by molar-refractivity contribution is 7.90. The highest BCUT2D eigenvalue weighted by Gasteiger charge is 2.46. The lowest BCUT2D eigenvalue weighted by atomic mass is 9.60. The van der Waals surface area contributed by atoms with Crippen LogP contribution in [-0.2, 0) is 14.8 Å². The van der Waals surface area contributed by atoms with Gasteiger partial charge in [0.1, 0.15) is 11.6 Å². The van der Waals surface area contributed by atoms with Crippen LogP contribution in [0.15, 0.2) is 53.8 Å². The molecule has 3 fully saturated rings. The van der Waals surface area contributed by atoms with Crippen LogP contribution in [0.4, 0.5) is 14.6 Å². The summed E-state index contributed by atoms with van der Waals surface area (Å²) in [6.45, 7) is 2.74. The number of Topliss-reactive ketones (excluding diaryl/α,β-unsaturated/α-hetero) is 1. The number of pyridine rings is 1. The van der Waals surface area contributed by atoms with Crippen molar-refractivity contribution in [2.75, 3.05) is 5.32 Å². The Hall–Kier alpha value is -3.73. The zero-order chi connectivity index (χ0) is 34.6. The Kier molecular flexibility index (Phi) is 4.32. The summed E-state index contributed by atoms with van der Waals surface area (Å²) in [4.78, 5) is 24.9. The first-order valence-electron chi connectivity index (χ1n) is 16.0. The lowest BCUT2D eigenvalue weighted by molar-refractivity contribution is -0.126. The summed E-state index contributed by atoms with van der Waals surface area (Å²) in [7, 11) is -4.31. The molecule has 0 aliphatic heterocycles. The van der Waals surface area contributed by atoms with E-state index in [1.807, 2.05) is 0 Å². The third kappa shape index (κ3) is 4.38. The molecule has 3 saturated carbocycles. The number of halogens is 2. The normalized spacial score (nSPS) is 35.9. The molecule has 1 N–H and O–H groups in total. The standard InChI is InChI=1S/C28H27F2N5O3S/c1-15-3-9-20(10-4-15)39(37,38)35-14-22(21-11-19(29)12-32-28(21)35)26-31-13-23(30)27(34-26)33-25-18-7-5-17(6-8-18)24(25)16(2)36/h3-4,9-14,17-18,24-25H,5-8H2,1-2H3,(H,31,33,34)/t17?,18?,24-,25-/m0/s1/i5D,6D2,7D,8D2,17D,18D/t5?,7?,17?,18?,24-,25-. The Balaban J connectivity index is 1.51. The first-order chi connectivity index (χ1) is 21.7. The molecule has 7 rings (SSSR count). The molecule has 3 aliphatic carbocycles. The van der Waals surface area contributed by atoms with Crippen molar-refractivity contribution in [2.45, 2.75) is 50.3 Å². The van der Waals surface area contributed by atoms with Gasteiger partial charge in [0.05, 0.1) is 17.3 Å². The van der Waals surface area contributed by atoms with Gasteiger partial charge in [-0.05, 0) is 69.4 Å². The lowest BCUT2D eigenvalue weighted by Gasteiger charge is -2.48. The van der Waals surface area contributed by atoms with Crippen LogP contribution in [0.2, 0.25) is 0 Å². The van der Waals surface area contributed by atoms with Crippen LogP contribution >= 0.6 is 0 Å². The van der Waals surface area contributed by atoms with Crippen LogP contribution < -0.4 is 5.32 Å². The van der Waals surface area contributed by atoms with E-state index in [1.54, 1.807) is 19.1 Å². The number of benzene rings is 1. The molecule has 8 nitrogen and oxygen atoms in total. The number of rotatable bonds is 6. The average Bonchev–Trinajstić information content (AvgIpc) is 3.38. The van der Waals surface area contributed by atoms with Crippen LogP contribution in [0.25, 0.3) is 22.4 Å². The minimum atomic E-state index is -4.31. The van der Waals surface area contributed by atoms with Crippen molar-refractivity contribution in [1.82, 2.24) is 18.9 Å². The molecule has 2 bridgehead atoms. The molecule has 11 heteroatoms. The van der Waals surface area contributed by atoms with Crippen molar-refractivity contribution < 1.29 is 33.0 Å². The number of ketones is 1. The predicted molar refractivity (Wildman–Crippen MR) is 141 cm³/mol. The van der Waals surface area contributed by atoms with E-state index in [9.17, 15) is 17.6 Å². The topological polar surface area (TPSA) is 107 Å². The molecule has 3 aromatic heterocycles. The number of hydrogen-bond donors (Lipinski definition) is 1. The van der Waals surface area contributed by atoms with Gasteiger partial charge >= 0.3 is 0 Å². The van der Waals surface area contributed by atoms with Crippen molar-refractivity contribution in [3.8, 4) is 11.4 Å². The van der Waals surface area contributed by atoms with Crippen LogP contribution in [-0.4, -0.2) is 39.2 Å². The highest BCUT2D eigenvalue weighted by Crippen LogP contribution is 2.46. The van der Waals surface area contributed by atoms with Gasteiger partial charge in [-0.1, -0.05) is 17.7 Å². The molecule has 0 amide bonds. The average molecular weight is 560 g/mol. The number of anilines is 1. The van der Waals surface area contributed by atoms with E-state index in [4.69, 9.17) is 11.0 Å². The maximum Gasteiger partial charge on any atom is 0.269 e. The summed E-state index contributed by atoms with van der Waals surface area (Å²) in [6, 6.07) is 4.97. The molecule has 1 aromatic carbocycles. The molecule has 3 heterocycles. The second kappa shape index (κ2) is 9.48. The maximum atomic E-state index is 15.4. The van der Waals surface area contributed by atoms with Crippen molar-refractivity contribution in [2.24, 2.45) is 17.7 Å². The predicted octanol–water partition coefficient (Wildman–Crippen LogP) is 5.12. The van der Waals surface area contributed by atoms with Gasteiger partial charge < -0.3 is 5.32 Å². The number of carbonyl (C=O) groups is 1. The molecule has 0 radical (unpaired) electrons. The van der Waals surface area contributed by atoms with Gasteiger partial charge in [0, 0.05) is 40.1 Å². The fraction of sp³-hybridized carbons (Fsp3) is 0.357. The van der Waals surface area contributed by atoms with E-state index in [-0.39, 0.29) is 27.3 Å². The first-order valence-corrected chi connectivity index (χ1v) is 13.3. The van der Waals surface area contributed by atoms with E-state index >= 15 is 4.39 Å². The number of aryl methyl sites for hydroxylation is 1. The Morgan fingerprint density at radius 2 is 1.85 bits per heavy atom. The fourth-order valence-electron chi connectivity index (χ4n) is 4.73. The van der Waals surface area contributed by atoms with Gasteiger partial charge in [0.2, 0.25) is 0 Å². The molecule has 6 atom stereocenters.